The van der Waals surface area contributed by atoms with Gasteiger partial charge in [-0.15, -0.1) is 0 Å². The maximum atomic E-state index is 9.68. The fraction of sp³-hybridized carbons (Fsp3) is 1.00. The second kappa shape index (κ2) is 3.82. The Kier molecular flexibility index (Phi) is 3.27. The van der Waals surface area contributed by atoms with Crippen LogP contribution in [0.3, 0.4) is 0 Å². The summed E-state index contributed by atoms with van der Waals surface area (Å²) in [4.78, 5) is 2.51. The van der Waals surface area contributed by atoms with E-state index in [1.807, 2.05) is 6.92 Å². The van der Waals surface area contributed by atoms with Crippen molar-refractivity contribution in [3.63, 3.8) is 0 Å². The van der Waals surface area contributed by atoms with E-state index in [1.165, 1.54) is 19.4 Å². The van der Waals surface area contributed by atoms with Gasteiger partial charge in [0.2, 0.25) is 0 Å². The molecule has 84 valence electrons. The lowest BCUT2D eigenvalue weighted by Crippen LogP contribution is -2.46. The molecule has 1 rings (SSSR count). The molecule has 0 aromatic rings. The average molecular weight is 199 g/mol. The molecule has 0 radical (unpaired) electrons. The molecule has 0 aromatic carbocycles. The zero-order valence-electron chi connectivity index (χ0n) is 10.3. The third-order valence-corrected chi connectivity index (χ3v) is 3.80. The molecular weight excluding hydrogens is 174 g/mol. The molecule has 1 aliphatic rings. The maximum absolute atomic E-state index is 9.68. The lowest BCUT2D eigenvalue weighted by atomic mass is 9.86. The Labute approximate surface area is 88.3 Å². The molecule has 2 heteroatoms. The summed E-state index contributed by atoms with van der Waals surface area (Å²) < 4.78 is 0. The van der Waals surface area contributed by atoms with Crippen LogP contribution in [-0.2, 0) is 0 Å². The van der Waals surface area contributed by atoms with Crippen LogP contribution in [-0.4, -0.2) is 34.7 Å². The van der Waals surface area contributed by atoms with Gasteiger partial charge in [0.05, 0.1) is 6.10 Å². The zero-order chi connectivity index (χ0) is 11.0. The predicted molar refractivity (Wildman–Crippen MR) is 60.3 cm³/mol. The van der Waals surface area contributed by atoms with Gasteiger partial charge in [0, 0.05) is 17.5 Å². The highest BCUT2D eigenvalue weighted by molar-refractivity contribution is 4.91. The molecule has 0 aliphatic carbocycles. The molecule has 1 unspecified atom stereocenters. The maximum Gasteiger partial charge on any atom is 0.0575 e. The Balaban J connectivity index is 2.60. The topological polar surface area (TPSA) is 23.5 Å². The second-order valence-corrected chi connectivity index (χ2v) is 6.00. The number of hydrogen-bond acceptors (Lipinski definition) is 2. The molecule has 1 aliphatic heterocycles. The van der Waals surface area contributed by atoms with Crippen molar-refractivity contribution in [1.82, 2.24) is 4.90 Å². The summed E-state index contributed by atoms with van der Waals surface area (Å²) in [5.41, 5.74) is 0.327. The summed E-state index contributed by atoms with van der Waals surface area (Å²) in [6, 6.07) is 0. The molecule has 0 amide bonds. The van der Waals surface area contributed by atoms with Crippen LogP contribution in [0.4, 0.5) is 0 Å². The number of hydrogen-bond donors (Lipinski definition) is 1. The van der Waals surface area contributed by atoms with Gasteiger partial charge in [-0.05, 0) is 40.2 Å². The minimum absolute atomic E-state index is 0.00160. The number of likely N-dealkylation sites (tertiary alicyclic amines) is 1. The van der Waals surface area contributed by atoms with Crippen LogP contribution in [0.1, 0.15) is 47.5 Å². The van der Waals surface area contributed by atoms with E-state index in [0.29, 0.717) is 5.54 Å². The Hall–Kier alpha value is -0.0800. The average Bonchev–Trinajstić information content (AvgIpc) is 2.30. The van der Waals surface area contributed by atoms with Crippen molar-refractivity contribution in [1.29, 1.82) is 0 Å². The van der Waals surface area contributed by atoms with Gasteiger partial charge in [0.25, 0.3) is 0 Å². The first-order chi connectivity index (χ1) is 6.26. The van der Waals surface area contributed by atoms with Gasteiger partial charge in [-0.3, -0.25) is 4.90 Å². The summed E-state index contributed by atoms with van der Waals surface area (Å²) in [5, 5.41) is 9.68. The van der Waals surface area contributed by atoms with Gasteiger partial charge in [0.15, 0.2) is 0 Å². The lowest BCUT2D eigenvalue weighted by molar-refractivity contribution is 0.0175. The van der Waals surface area contributed by atoms with Crippen LogP contribution in [0.25, 0.3) is 0 Å². The molecular formula is C12H25NO. The van der Waals surface area contributed by atoms with E-state index in [4.69, 9.17) is 0 Å². The van der Waals surface area contributed by atoms with E-state index in [2.05, 4.69) is 32.6 Å². The van der Waals surface area contributed by atoms with Crippen molar-refractivity contribution in [2.45, 2.75) is 59.1 Å². The number of rotatable bonds is 3. The molecule has 0 bridgehead atoms. The molecule has 0 spiro atoms. The molecule has 14 heavy (non-hydrogen) atoms. The Morgan fingerprint density at radius 2 is 2.00 bits per heavy atom. The zero-order valence-corrected chi connectivity index (χ0v) is 10.3. The summed E-state index contributed by atoms with van der Waals surface area (Å²) >= 11 is 0. The Morgan fingerprint density at radius 1 is 1.43 bits per heavy atom. The third kappa shape index (κ3) is 2.48. The first-order valence-electron chi connectivity index (χ1n) is 5.69. The Bertz CT molecular complexity index is 196. The minimum Gasteiger partial charge on any atom is -0.393 e. The van der Waals surface area contributed by atoms with Crippen LogP contribution in [0.15, 0.2) is 0 Å². The van der Waals surface area contributed by atoms with Crippen molar-refractivity contribution in [3.05, 3.63) is 0 Å². The number of aliphatic hydroxyl groups excluding tert-OH is 1. The van der Waals surface area contributed by atoms with Gasteiger partial charge in [-0.2, -0.15) is 0 Å². The highest BCUT2D eigenvalue weighted by Gasteiger charge is 2.36. The summed E-state index contributed by atoms with van der Waals surface area (Å²) in [6.07, 6.45) is 2.34. The second-order valence-electron chi connectivity index (χ2n) is 6.00. The first-order valence-corrected chi connectivity index (χ1v) is 5.69. The van der Waals surface area contributed by atoms with Gasteiger partial charge in [-0.25, -0.2) is 0 Å². The molecule has 1 N–H and O–H groups in total. The smallest absolute Gasteiger partial charge is 0.0575 e. The highest BCUT2D eigenvalue weighted by atomic mass is 16.3. The van der Waals surface area contributed by atoms with Crippen molar-refractivity contribution >= 4 is 0 Å². The van der Waals surface area contributed by atoms with Crippen LogP contribution in [0, 0.1) is 5.41 Å². The van der Waals surface area contributed by atoms with Crippen molar-refractivity contribution in [3.8, 4) is 0 Å². The molecule has 1 heterocycles. The molecule has 1 fully saturated rings. The van der Waals surface area contributed by atoms with Gasteiger partial charge >= 0.3 is 0 Å². The lowest BCUT2D eigenvalue weighted by Gasteiger charge is -2.39. The summed E-state index contributed by atoms with van der Waals surface area (Å²) in [5.74, 6) is 0. The van der Waals surface area contributed by atoms with Crippen LogP contribution in [0.2, 0.25) is 0 Å². The van der Waals surface area contributed by atoms with E-state index >= 15 is 0 Å². The van der Waals surface area contributed by atoms with Crippen molar-refractivity contribution < 1.29 is 5.11 Å². The quantitative estimate of drug-likeness (QED) is 0.753. The molecule has 1 saturated heterocycles. The predicted octanol–water partition coefficient (Wildman–Crippen LogP) is 2.27. The molecule has 2 nitrogen and oxygen atoms in total. The van der Waals surface area contributed by atoms with Crippen molar-refractivity contribution in [2.24, 2.45) is 5.41 Å². The summed E-state index contributed by atoms with van der Waals surface area (Å²) in [7, 11) is 0. The van der Waals surface area contributed by atoms with Crippen LogP contribution >= 0.6 is 0 Å². The Morgan fingerprint density at radius 3 is 2.36 bits per heavy atom. The van der Waals surface area contributed by atoms with Gasteiger partial charge in [-0.1, -0.05) is 13.8 Å². The van der Waals surface area contributed by atoms with Gasteiger partial charge in [0.1, 0.15) is 0 Å². The summed E-state index contributed by atoms with van der Waals surface area (Å²) in [6.45, 7) is 13.0. The number of nitrogens with zero attached hydrogens (tertiary/aromatic N) is 1. The normalized spacial score (nSPS) is 25.3. The monoisotopic (exact) mass is 199 g/mol. The van der Waals surface area contributed by atoms with Crippen molar-refractivity contribution in [2.75, 3.05) is 13.1 Å². The third-order valence-electron chi connectivity index (χ3n) is 3.80. The first kappa shape index (κ1) is 12.0. The van der Waals surface area contributed by atoms with Crippen LogP contribution in [0.5, 0.6) is 0 Å². The fourth-order valence-corrected chi connectivity index (χ4v) is 2.08. The van der Waals surface area contributed by atoms with E-state index in [-0.39, 0.29) is 11.5 Å². The van der Waals surface area contributed by atoms with Crippen LogP contribution < -0.4 is 0 Å². The molecule has 0 saturated carbocycles. The fourth-order valence-electron chi connectivity index (χ4n) is 2.08. The van der Waals surface area contributed by atoms with Gasteiger partial charge < -0.3 is 5.11 Å². The SMILES string of the molecule is CC(O)C(C)(C)CN1CCCC1(C)C. The molecule has 0 aromatic heterocycles. The highest BCUT2D eigenvalue weighted by Crippen LogP contribution is 2.32. The minimum atomic E-state index is -0.237. The standard InChI is InChI=1S/C12H25NO/c1-10(14)11(2,3)9-13-8-6-7-12(13,4)5/h10,14H,6-9H2,1-5H3. The molecule has 1 atom stereocenters. The largest absolute Gasteiger partial charge is 0.393 e. The van der Waals surface area contributed by atoms with E-state index in [1.54, 1.807) is 0 Å². The van der Waals surface area contributed by atoms with E-state index in [0.717, 1.165) is 6.54 Å². The number of aliphatic hydroxyl groups is 1. The van der Waals surface area contributed by atoms with E-state index in [9.17, 15) is 5.11 Å². The van der Waals surface area contributed by atoms with E-state index < -0.39 is 0 Å².